The number of pyridine rings is 1. The van der Waals surface area contributed by atoms with Gasteiger partial charge in [-0.25, -0.2) is 4.98 Å². The van der Waals surface area contributed by atoms with Crippen molar-refractivity contribution in [1.29, 1.82) is 0 Å². The van der Waals surface area contributed by atoms with Crippen LogP contribution in [0.4, 0.5) is 19.0 Å². The highest BCUT2D eigenvalue weighted by Gasteiger charge is 2.34. The van der Waals surface area contributed by atoms with E-state index in [1.165, 1.54) is 12.3 Å². The Morgan fingerprint density at radius 3 is 2.72 bits per heavy atom. The fourth-order valence-electron chi connectivity index (χ4n) is 3.87. The predicted octanol–water partition coefficient (Wildman–Crippen LogP) is 4.79. The van der Waals surface area contributed by atoms with Crippen molar-refractivity contribution in [2.24, 2.45) is 5.92 Å². The van der Waals surface area contributed by atoms with E-state index in [0.717, 1.165) is 18.4 Å². The Hall–Kier alpha value is -3.10. The number of carbonyl (C=O) groups is 2. The van der Waals surface area contributed by atoms with Gasteiger partial charge in [0.1, 0.15) is 11.6 Å². The summed E-state index contributed by atoms with van der Waals surface area (Å²) in [6.07, 6.45) is -0.310. The summed E-state index contributed by atoms with van der Waals surface area (Å²) in [7, 11) is 0. The van der Waals surface area contributed by atoms with E-state index in [9.17, 15) is 22.8 Å². The van der Waals surface area contributed by atoms with Gasteiger partial charge in [-0.1, -0.05) is 12.1 Å². The lowest BCUT2D eigenvalue weighted by Crippen LogP contribution is -2.27. The average molecular weight is 447 g/mol. The van der Waals surface area contributed by atoms with Crippen molar-refractivity contribution in [3.05, 3.63) is 52.7 Å². The molecular formula is C23H24F3N3O3. The van der Waals surface area contributed by atoms with Crippen LogP contribution in [0.1, 0.15) is 59.3 Å². The Morgan fingerprint density at radius 1 is 1.31 bits per heavy atom. The minimum atomic E-state index is -4.41. The van der Waals surface area contributed by atoms with Gasteiger partial charge < -0.3 is 15.0 Å². The number of anilines is 1. The average Bonchev–Trinajstić information content (AvgIpc) is 3.47. The quantitative estimate of drug-likeness (QED) is 0.663. The molecule has 0 radical (unpaired) electrons. The van der Waals surface area contributed by atoms with Crippen LogP contribution < -0.4 is 10.1 Å². The van der Waals surface area contributed by atoms with E-state index in [-0.39, 0.29) is 30.2 Å². The van der Waals surface area contributed by atoms with Gasteiger partial charge in [-0.15, -0.1) is 0 Å². The first-order valence-electron chi connectivity index (χ1n) is 10.5. The minimum Gasteiger partial charge on any atom is -0.484 e. The summed E-state index contributed by atoms with van der Waals surface area (Å²) in [5.41, 5.74) is 2.50. The molecule has 0 bridgehead atoms. The van der Waals surface area contributed by atoms with Crippen molar-refractivity contribution in [2.45, 2.75) is 51.9 Å². The molecule has 1 aromatic heterocycles. The molecule has 6 nitrogen and oxygen atoms in total. The van der Waals surface area contributed by atoms with Crippen molar-refractivity contribution < 1.29 is 27.5 Å². The zero-order valence-corrected chi connectivity index (χ0v) is 17.8. The Kier molecular flexibility index (Phi) is 5.83. The maximum Gasteiger partial charge on any atom is 0.422 e. The molecule has 2 heterocycles. The van der Waals surface area contributed by atoms with E-state index in [1.807, 2.05) is 6.92 Å². The Balaban J connectivity index is 1.49. The molecule has 2 amide bonds. The van der Waals surface area contributed by atoms with E-state index in [0.29, 0.717) is 34.8 Å². The Morgan fingerprint density at radius 2 is 2.06 bits per heavy atom. The molecule has 1 saturated carbocycles. The molecule has 1 N–H and O–H groups in total. The number of rotatable bonds is 7. The Labute approximate surface area is 183 Å². The molecule has 2 aromatic rings. The number of aryl methyl sites for hydroxylation is 1. The highest BCUT2D eigenvalue weighted by molar-refractivity contribution is 6.01. The highest BCUT2D eigenvalue weighted by Crippen LogP contribution is 2.36. The molecule has 4 rings (SSSR count). The van der Waals surface area contributed by atoms with Crippen molar-refractivity contribution in [3.63, 3.8) is 0 Å². The minimum absolute atomic E-state index is 0.0996. The monoisotopic (exact) mass is 447 g/mol. The van der Waals surface area contributed by atoms with Gasteiger partial charge in [0, 0.05) is 23.7 Å². The second kappa shape index (κ2) is 8.44. The third-order valence-electron chi connectivity index (χ3n) is 5.84. The Bertz CT molecular complexity index is 1050. The van der Waals surface area contributed by atoms with Crippen LogP contribution >= 0.6 is 0 Å². The number of nitrogens with one attached hydrogen (secondary N) is 1. The van der Waals surface area contributed by atoms with Crippen LogP contribution in [0.25, 0.3) is 0 Å². The SMILES string of the molecule is Cc1cc(C(C)N2Cc3c(ccnc3NC(=O)CC3CC3)C2=O)ccc1OCC(F)(F)F. The number of alkyl halides is 3. The van der Waals surface area contributed by atoms with Crippen molar-refractivity contribution >= 4 is 17.6 Å². The molecule has 1 atom stereocenters. The molecule has 1 aliphatic heterocycles. The number of carbonyl (C=O) groups excluding carboxylic acids is 2. The van der Waals surface area contributed by atoms with E-state index in [4.69, 9.17) is 4.74 Å². The summed E-state index contributed by atoms with van der Waals surface area (Å²) in [5, 5.41) is 2.84. The van der Waals surface area contributed by atoms with Crippen molar-refractivity contribution in [3.8, 4) is 5.75 Å². The lowest BCUT2D eigenvalue weighted by molar-refractivity contribution is -0.153. The number of ether oxygens (including phenoxy) is 1. The summed E-state index contributed by atoms with van der Waals surface area (Å²) in [6, 6.07) is 6.19. The first kappa shape index (κ1) is 22.1. The number of nitrogens with zero attached hydrogens (tertiary/aromatic N) is 2. The molecule has 9 heteroatoms. The molecule has 1 fully saturated rings. The normalized spacial score (nSPS) is 16.7. The lowest BCUT2D eigenvalue weighted by Gasteiger charge is -2.25. The first-order valence-corrected chi connectivity index (χ1v) is 10.5. The third-order valence-corrected chi connectivity index (χ3v) is 5.84. The summed E-state index contributed by atoms with van der Waals surface area (Å²) < 4.78 is 42.2. The number of aromatic nitrogens is 1. The van der Waals surface area contributed by atoms with Crippen molar-refractivity contribution in [1.82, 2.24) is 9.88 Å². The number of hydrogen-bond acceptors (Lipinski definition) is 4. The standard InChI is InChI=1S/C23H24F3N3O3/c1-13-9-16(5-6-19(13)32-12-23(24,25)26)14(2)29-11-18-17(22(29)31)7-8-27-21(18)28-20(30)10-15-3-4-15/h5-9,14-15H,3-4,10-12H2,1-2H3,(H,27,28,30). The second-order valence-corrected chi connectivity index (χ2v) is 8.42. The van der Waals surface area contributed by atoms with Gasteiger partial charge >= 0.3 is 6.18 Å². The van der Waals surface area contributed by atoms with Crippen molar-refractivity contribution in [2.75, 3.05) is 11.9 Å². The summed E-state index contributed by atoms with van der Waals surface area (Å²) in [6.45, 7) is 2.45. The topological polar surface area (TPSA) is 71.5 Å². The van der Waals surface area contributed by atoms with Gasteiger partial charge in [0.2, 0.25) is 5.91 Å². The fourth-order valence-corrected chi connectivity index (χ4v) is 3.87. The van der Waals surface area contributed by atoms with Crippen LogP contribution in [0.3, 0.4) is 0 Å². The van der Waals surface area contributed by atoms with Crippen LogP contribution in [0.2, 0.25) is 0 Å². The zero-order chi connectivity index (χ0) is 23.0. The maximum atomic E-state index is 13.0. The number of amides is 2. The van der Waals surface area contributed by atoms with Gasteiger partial charge in [0.25, 0.3) is 5.91 Å². The lowest BCUT2D eigenvalue weighted by atomic mass is 10.0. The van der Waals surface area contributed by atoms with Gasteiger partial charge in [0.05, 0.1) is 12.6 Å². The van der Waals surface area contributed by atoms with E-state index < -0.39 is 12.8 Å². The number of halogens is 3. The third kappa shape index (κ3) is 4.87. The van der Waals surface area contributed by atoms with Crippen LogP contribution in [-0.4, -0.2) is 34.5 Å². The molecule has 1 aromatic carbocycles. The molecule has 32 heavy (non-hydrogen) atoms. The van der Waals surface area contributed by atoms with Crippen LogP contribution in [0.15, 0.2) is 30.5 Å². The number of fused-ring (bicyclic) bond motifs is 1. The van der Waals surface area contributed by atoms with Gasteiger partial charge in [0.15, 0.2) is 6.61 Å². The zero-order valence-electron chi connectivity index (χ0n) is 17.8. The molecule has 2 aliphatic rings. The maximum absolute atomic E-state index is 13.0. The molecule has 1 aliphatic carbocycles. The van der Waals surface area contributed by atoms with Crippen LogP contribution in [0, 0.1) is 12.8 Å². The van der Waals surface area contributed by atoms with E-state index in [1.54, 1.807) is 30.0 Å². The second-order valence-electron chi connectivity index (χ2n) is 8.42. The van der Waals surface area contributed by atoms with Gasteiger partial charge in [-0.2, -0.15) is 13.2 Å². The van der Waals surface area contributed by atoms with Crippen LogP contribution in [0.5, 0.6) is 5.75 Å². The molecular weight excluding hydrogens is 423 g/mol. The highest BCUT2D eigenvalue weighted by atomic mass is 19.4. The number of hydrogen-bond donors (Lipinski definition) is 1. The summed E-state index contributed by atoms with van der Waals surface area (Å²) in [5.74, 6) is 0.721. The smallest absolute Gasteiger partial charge is 0.422 e. The summed E-state index contributed by atoms with van der Waals surface area (Å²) in [4.78, 5) is 31.2. The van der Waals surface area contributed by atoms with E-state index in [2.05, 4.69) is 10.3 Å². The molecule has 1 unspecified atom stereocenters. The van der Waals surface area contributed by atoms with Gasteiger partial charge in [-0.3, -0.25) is 9.59 Å². The number of benzene rings is 1. The predicted molar refractivity (Wildman–Crippen MR) is 111 cm³/mol. The summed E-state index contributed by atoms with van der Waals surface area (Å²) >= 11 is 0. The molecule has 0 saturated heterocycles. The first-order chi connectivity index (χ1) is 15.1. The fraction of sp³-hybridized carbons (Fsp3) is 0.435. The molecule has 170 valence electrons. The largest absolute Gasteiger partial charge is 0.484 e. The molecule has 0 spiro atoms. The van der Waals surface area contributed by atoms with E-state index >= 15 is 0 Å². The van der Waals surface area contributed by atoms with Gasteiger partial charge in [-0.05, 0) is 55.9 Å². The van der Waals surface area contributed by atoms with Crippen LogP contribution in [-0.2, 0) is 11.3 Å².